The second-order valence-corrected chi connectivity index (χ2v) is 15.7. The van der Waals surface area contributed by atoms with Crippen LogP contribution in [0.1, 0.15) is 83.4 Å². The van der Waals surface area contributed by atoms with Crippen molar-refractivity contribution in [3.05, 3.63) is 110 Å². The standard InChI is InChI=1S/C41H39ClF3N9O5/c1-22-18-31(37(55)48-28-9-8-26(19-27(28)42)41(43,44)45)53-33(22)34(39(57)54-40(53)49-36(50-54)25-12-16-58-17-13-25)51-14-15-52(30-11-10-29(30)51)38(56)32-35(23(2)46-21-47-32)59-20-24-6-4-3-5-7-24/h3-9,12,19,21-22,29-31H,10-11,13-18,20H2,1-2H3,(H,48,55)/t22-,29+,30+,31?/m1/s1. The molecule has 2 amide bonds. The molecule has 1 aliphatic carbocycles. The highest BCUT2D eigenvalue weighted by molar-refractivity contribution is 6.33. The number of carbonyl (C=O) groups is 2. The highest BCUT2D eigenvalue weighted by atomic mass is 35.5. The Morgan fingerprint density at radius 3 is 2.58 bits per heavy atom. The SMILES string of the molecule is Cc1ncnc(C(=O)N2CCN(c3c4n(c5nc(C6=CCOCC6)nn5c3=O)C(C(=O)Nc3ccc(C(F)(F)F)cc3Cl)C[C@H]4C)[C@H]3CC[C@@H]32)c1OCc1ccccc1. The number of hydrogen-bond acceptors (Lipinski definition) is 10. The molecule has 1 unspecified atom stereocenters. The van der Waals surface area contributed by atoms with Crippen LogP contribution in [0.4, 0.5) is 24.5 Å². The van der Waals surface area contributed by atoms with Crippen LogP contribution in [0.5, 0.6) is 5.75 Å². The van der Waals surface area contributed by atoms with Crippen LogP contribution in [0, 0.1) is 6.92 Å². The number of halogens is 4. The number of nitrogens with one attached hydrogen (secondary N) is 1. The smallest absolute Gasteiger partial charge is 0.416 e. The zero-order valence-electron chi connectivity index (χ0n) is 32.1. The summed E-state index contributed by atoms with van der Waals surface area (Å²) in [6, 6.07) is 11.0. The van der Waals surface area contributed by atoms with E-state index in [0.29, 0.717) is 67.7 Å². The first-order chi connectivity index (χ1) is 28.4. The van der Waals surface area contributed by atoms with Gasteiger partial charge in [0, 0.05) is 25.0 Å². The van der Waals surface area contributed by atoms with Gasteiger partial charge in [0.15, 0.2) is 17.3 Å². The molecule has 0 bridgehead atoms. The van der Waals surface area contributed by atoms with Gasteiger partial charge in [-0.05, 0) is 61.9 Å². The molecule has 14 nitrogen and oxygen atoms in total. The monoisotopic (exact) mass is 829 g/mol. The molecule has 6 heterocycles. The first kappa shape index (κ1) is 38.7. The van der Waals surface area contributed by atoms with E-state index in [1.54, 1.807) is 16.4 Å². The van der Waals surface area contributed by atoms with Crippen molar-refractivity contribution in [2.45, 2.75) is 76.4 Å². The molecule has 5 aromatic rings. The zero-order chi connectivity index (χ0) is 41.2. The van der Waals surface area contributed by atoms with Crippen LogP contribution in [0.25, 0.3) is 11.4 Å². The number of hydrogen-bond donors (Lipinski definition) is 1. The molecule has 18 heteroatoms. The molecule has 2 fully saturated rings. The van der Waals surface area contributed by atoms with E-state index in [-0.39, 0.29) is 65.7 Å². The molecule has 9 rings (SSSR count). The number of fused-ring (bicyclic) bond motifs is 4. The summed E-state index contributed by atoms with van der Waals surface area (Å²) in [7, 11) is 0. The van der Waals surface area contributed by atoms with Gasteiger partial charge in [-0.1, -0.05) is 54.9 Å². The topological polar surface area (TPSA) is 149 Å². The Morgan fingerprint density at radius 1 is 1.07 bits per heavy atom. The fourth-order valence-electron chi connectivity index (χ4n) is 8.65. The Bertz CT molecular complexity index is 2580. The maximum atomic E-state index is 14.8. The van der Waals surface area contributed by atoms with Crippen LogP contribution in [0.2, 0.25) is 5.02 Å². The van der Waals surface area contributed by atoms with Gasteiger partial charge in [0.25, 0.3) is 11.5 Å². The van der Waals surface area contributed by atoms with Gasteiger partial charge in [0.05, 0.1) is 46.9 Å². The predicted octanol–water partition coefficient (Wildman–Crippen LogP) is 6.22. The van der Waals surface area contributed by atoms with Gasteiger partial charge < -0.3 is 24.6 Å². The minimum atomic E-state index is -4.61. The first-order valence-electron chi connectivity index (χ1n) is 19.4. The number of alkyl halides is 3. The highest BCUT2D eigenvalue weighted by Crippen LogP contribution is 2.45. The third-order valence-electron chi connectivity index (χ3n) is 11.7. The third-order valence-corrected chi connectivity index (χ3v) is 12.0. The number of aromatic nitrogens is 6. The predicted molar refractivity (Wildman–Crippen MR) is 211 cm³/mol. The minimum absolute atomic E-state index is 0.0168. The average Bonchev–Trinajstić information content (AvgIpc) is 3.81. The van der Waals surface area contributed by atoms with Crippen molar-refractivity contribution in [1.29, 1.82) is 0 Å². The van der Waals surface area contributed by atoms with Gasteiger partial charge in [0.1, 0.15) is 24.7 Å². The first-order valence-corrected chi connectivity index (χ1v) is 19.8. The molecule has 1 saturated heterocycles. The highest BCUT2D eigenvalue weighted by Gasteiger charge is 2.49. The molecule has 1 saturated carbocycles. The fourth-order valence-corrected chi connectivity index (χ4v) is 8.88. The molecular formula is C41H39ClF3N9O5. The van der Waals surface area contributed by atoms with Crippen LogP contribution in [0.3, 0.4) is 0 Å². The van der Waals surface area contributed by atoms with E-state index in [0.717, 1.165) is 29.3 Å². The Labute approximate surface area is 340 Å². The summed E-state index contributed by atoms with van der Waals surface area (Å²) in [6.45, 7) is 5.33. The third kappa shape index (κ3) is 6.88. The Morgan fingerprint density at radius 2 is 1.86 bits per heavy atom. The maximum absolute atomic E-state index is 14.8. The van der Waals surface area contributed by atoms with Crippen molar-refractivity contribution < 1.29 is 32.2 Å². The molecule has 4 aliphatic rings. The summed E-state index contributed by atoms with van der Waals surface area (Å²) in [5.74, 6) is -0.327. The van der Waals surface area contributed by atoms with Crippen molar-refractivity contribution in [3.8, 4) is 5.75 Å². The van der Waals surface area contributed by atoms with Crippen LogP contribution in [0.15, 0.2) is 65.7 Å². The molecule has 0 radical (unpaired) electrons. The summed E-state index contributed by atoms with van der Waals surface area (Å²) in [6.07, 6.45) is 0.794. The van der Waals surface area contributed by atoms with Crippen LogP contribution >= 0.6 is 11.6 Å². The van der Waals surface area contributed by atoms with Crippen molar-refractivity contribution in [2.24, 2.45) is 0 Å². The number of nitrogens with zero attached hydrogens (tertiary/aromatic N) is 8. The zero-order valence-corrected chi connectivity index (χ0v) is 32.8. The largest absolute Gasteiger partial charge is 0.485 e. The van der Waals surface area contributed by atoms with Gasteiger partial charge in [0.2, 0.25) is 11.7 Å². The van der Waals surface area contributed by atoms with Gasteiger partial charge in [-0.3, -0.25) is 19.0 Å². The second-order valence-electron chi connectivity index (χ2n) is 15.3. The minimum Gasteiger partial charge on any atom is -0.485 e. The summed E-state index contributed by atoms with van der Waals surface area (Å²) in [5.41, 5.74) is 2.08. The van der Waals surface area contributed by atoms with Crippen molar-refractivity contribution >= 4 is 46.1 Å². The lowest BCUT2D eigenvalue weighted by Gasteiger charge is -2.54. The van der Waals surface area contributed by atoms with Crippen LogP contribution < -0.4 is 20.5 Å². The Hall–Kier alpha value is -5.81. The summed E-state index contributed by atoms with van der Waals surface area (Å²) in [4.78, 5) is 60.6. The number of rotatable bonds is 8. The van der Waals surface area contributed by atoms with E-state index >= 15 is 0 Å². The van der Waals surface area contributed by atoms with E-state index in [9.17, 15) is 27.6 Å². The van der Waals surface area contributed by atoms with Crippen molar-refractivity contribution in [1.82, 2.24) is 34.0 Å². The fraction of sp³-hybridized carbons (Fsp3) is 0.390. The van der Waals surface area contributed by atoms with Crippen LogP contribution in [-0.4, -0.2) is 84.2 Å². The molecule has 4 atom stereocenters. The summed E-state index contributed by atoms with van der Waals surface area (Å²) < 4.78 is 54.8. The van der Waals surface area contributed by atoms with E-state index in [2.05, 4.69) is 15.3 Å². The van der Waals surface area contributed by atoms with E-state index in [4.69, 9.17) is 31.2 Å². The van der Waals surface area contributed by atoms with Crippen molar-refractivity contribution in [3.63, 3.8) is 0 Å². The van der Waals surface area contributed by atoms with E-state index in [1.165, 1.54) is 10.8 Å². The number of anilines is 2. The number of amides is 2. The molecule has 1 N–H and O–H groups in total. The molecule has 2 aromatic carbocycles. The Balaban J connectivity index is 1.07. The molecule has 306 valence electrons. The molecule has 3 aliphatic heterocycles. The van der Waals surface area contributed by atoms with Gasteiger partial charge in [-0.2, -0.15) is 22.7 Å². The number of aryl methyl sites for hydroxylation is 1. The second kappa shape index (κ2) is 15.1. The van der Waals surface area contributed by atoms with Gasteiger partial charge in [-0.25, -0.2) is 9.97 Å². The van der Waals surface area contributed by atoms with E-state index < -0.39 is 29.2 Å². The molecule has 3 aromatic heterocycles. The number of carbonyl (C=O) groups excluding carboxylic acids is 2. The quantitative estimate of drug-likeness (QED) is 0.191. The summed E-state index contributed by atoms with van der Waals surface area (Å²) in [5, 5.41) is 7.15. The Kier molecular flexibility index (Phi) is 9.90. The number of piperazine rings is 1. The molecule has 0 spiro atoms. The number of ether oxygens (including phenoxy) is 2. The molecular weight excluding hydrogens is 791 g/mol. The lowest BCUT2D eigenvalue weighted by Crippen LogP contribution is -2.67. The maximum Gasteiger partial charge on any atom is 0.416 e. The summed E-state index contributed by atoms with van der Waals surface area (Å²) >= 11 is 6.26. The van der Waals surface area contributed by atoms with Crippen molar-refractivity contribution in [2.75, 3.05) is 36.5 Å². The molecule has 59 heavy (non-hydrogen) atoms. The lowest BCUT2D eigenvalue weighted by molar-refractivity contribution is -0.137. The normalized spacial score (nSPS) is 21.4. The average molecular weight is 830 g/mol. The van der Waals surface area contributed by atoms with Gasteiger partial charge in [-0.15, -0.1) is 5.10 Å². The van der Waals surface area contributed by atoms with Crippen LogP contribution in [-0.2, 0) is 22.3 Å². The number of benzene rings is 2. The van der Waals surface area contributed by atoms with E-state index in [1.807, 2.05) is 48.2 Å². The van der Waals surface area contributed by atoms with Gasteiger partial charge >= 0.3 is 6.18 Å². The lowest BCUT2D eigenvalue weighted by atomic mass is 9.81.